The molecule has 1 aromatic carbocycles. The number of likely N-dealkylation sites (tertiary alicyclic amines) is 2. The molecule has 2 aliphatic heterocycles. The SMILES string of the molecule is COc1ccc(C2CC(CN)CN2C)cc1CN1CCCCC1. The highest BCUT2D eigenvalue weighted by Crippen LogP contribution is 2.36. The normalized spacial score (nSPS) is 26.6. The minimum absolute atomic E-state index is 0.495. The van der Waals surface area contributed by atoms with Crippen molar-refractivity contribution in [1.29, 1.82) is 0 Å². The minimum atomic E-state index is 0.495. The largest absolute Gasteiger partial charge is 0.496 e. The lowest BCUT2D eigenvalue weighted by Gasteiger charge is -2.28. The van der Waals surface area contributed by atoms with Crippen LogP contribution in [-0.2, 0) is 6.54 Å². The third kappa shape index (κ3) is 3.87. The highest BCUT2D eigenvalue weighted by Gasteiger charge is 2.30. The number of benzene rings is 1. The van der Waals surface area contributed by atoms with E-state index in [1.807, 2.05) is 0 Å². The Kier molecular flexibility index (Phi) is 5.57. The first-order valence-electron chi connectivity index (χ1n) is 9.00. The van der Waals surface area contributed by atoms with Crippen molar-refractivity contribution in [3.63, 3.8) is 0 Å². The van der Waals surface area contributed by atoms with E-state index in [0.717, 1.165) is 25.4 Å². The van der Waals surface area contributed by atoms with Gasteiger partial charge in [-0.3, -0.25) is 9.80 Å². The maximum absolute atomic E-state index is 5.88. The number of nitrogens with zero attached hydrogens (tertiary/aromatic N) is 2. The fourth-order valence-electron chi connectivity index (χ4n) is 4.15. The van der Waals surface area contributed by atoms with Crippen LogP contribution in [0.15, 0.2) is 18.2 Å². The molecule has 23 heavy (non-hydrogen) atoms. The molecule has 2 saturated heterocycles. The summed E-state index contributed by atoms with van der Waals surface area (Å²) < 4.78 is 5.61. The summed E-state index contributed by atoms with van der Waals surface area (Å²) in [5.74, 6) is 1.65. The van der Waals surface area contributed by atoms with E-state index >= 15 is 0 Å². The Morgan fingerprint density at radius 1 is 1.22 bits per heavy atom. The van der Waals surface area contributed by atoms with E-state index in [9.17, 15) is 0 Å². The average Bonchev–Trinajstić information content (AvgIpc) is 2.97. The minimum Gasteiger partial charge on any atom is -0.496 e. The van der Waals surface area contributed by atoms with Crippen LogP contribution < -0.4 is 10.5 Å². The molecule has 0 spiro atoms. The zero-order valence-electron chi connectivity index (χ0n) is 14.6. The lowest BCUT2D eigenvalue weighted by atomic mass is 9.97. The molecule has 2 N–H and O–H groups in total. The van der Waals surface area contributed by atoms with Crippen LogP contribution in [0.3, 0.4) is 0 Å². The zero-order valence-corrected chi connectivity index (χ0v) is 14.6. The van der Waals surface area contributed by atoms with Gasteiger partial charge in [-0.1, -0.05) is 12.5 Å². The molecule has 4 heteroatoms. The summed E-state index contributed by atoms with van der Waals surface area (Å²) in [6.45, 7) is 5.33. The van der Waals surface area contributed by atoms with E-state index in [-0.39, 0.29) is 0 Å². The van der Waals surface area contributed by atoms with Crippen molar-refractivity contribution in [2.45, 2.75) is 38.3 Å². The Hall–Kier alpha value is -1.10. The molecule has 128 valence electrons. The van der Waals surface area contributed by atoms with Gasteiger partial charge in [0.25, 0.3) is 0 Å². The van der Waals surface area contributed by atoms with E-state index in [1.54, 1.807) is 7.11 Å². The quantitative estimate of drug-likeness (QED) is 0.906. The molecule has 4 nitrogen and oxygen atoms in total. The Morgan fingerprint density at radius 2 is 2.00 bits per heavy atom. The Balaban J connectivity index is 1.78. The van der Waals surface area contributed by atoms with Crippen LogP contribution in [0.5, 0.6) is 5.75 Å². The van der Waals surface area contributed by atoms with Crippen molar-refractivity contribution in [3.05, 3.63) is 29.3 Å². The van der Waals surface area contributed by atoms with E-state index in [4.69, 9.17) is 10.5 Å². The van der Waals surface area contributed by atoms with Crippen molar-refractivity contribution in [1.82, 2.24) is 9.80 Å². The third-order valence-corrected chi connectivity index (χ3v) is 5.50. The first-order valence-corrected chi connectivity index (χ1v) is 9.00. The fourth-order valence-corrected chi connectivity index (χ4v) is 4.15. The lowest BCUT2D eigenvalue weighted by molar-refractivity contribution is 0.218. The van der Waals surface area contributed by atoms with E-state index in [2.05, 4.69) is 35.0 Å². The van der Waals surface area contributed by atoms with Crippen molar-refractivity contribution in [3.8, 4) is 5.75 Å². The first-order chi connectivity index (χ1) is 11.2. The molecular weight excluding hydrogens is 286 g/mol. The Morgan fingerprint density at radius 3 is 2.65 bits per heavy atom. The van der Waals surface area contributed by atoms with Gasteiger partial charge in [0, 0.05) is 24.7 Å². The van der Waals surface area contributed by atoms with Gasteiger partial charge < -0.3 is 10.5 Å². The Bertz CT molecular complexity index is 513. The number of piperidine rings is 1. The number of hydrogen-bond acceptors (Lipinski definition) is 4. The van der Waals surface area contributed by atoms with Crippen LogP contribution in [0.2, 0.25) is 0 Å². The molecule has 2 aliphatic rings. The van der Waals surface area contributed by atoms with Crippen LogP contribution in [0, 0.1) is 5.92 Å². The molecule has 0 bridgehead atoms. The summed E-state index contributed by atoms with van der Waals surface area (Å²) in [7, 11) is 4.00. The number of methoxy groups -OCH3 is 1. The average molecular weight is 317 g/mol. The van der Waals surface area contributed by atoms with Crippen LogP contribution in [0.25, 0.3) is 0 Å². The third-order valence-electron chi connectivity index (χ3n) is 5.50. The fraction of sp³-hybridized carbons (Fsp3) is 0.684. The van der Waals surface area contributed by atoms with Crippen LogP contribution in [0.4, 0.5) is 0 Å². The van der Waals surface area contributed by atoms with Gasteiger partial charge >= 0.3 is 0 Å². The topological polar surface area (TPSA) is 41.7 Å². The van der Waals surface area contributed by atoms with Crippen molar-refractivity contribution in [2.24, 2.45) is 11.7 Å². The van der Waals surface area contributed by atoms with Crippen LogP contribution in [0.1, 0.15) is 42.9 Å². The van der Waals surface area contributed by atoms with Gasteiger partial charge in [0.2, 0.25) is 0 Å². The van der Waals surface area contributed by atoms with Gasteiger partial charge in [-0.15, -0.1) is 0 Å². The second kappa shape index (κ2) is 7.65. The molecule has 0 saturated carbocycles. The van der Waals surface area contributed by atoms with E-state index in [1.165, 1.54) is 49.9 Å². The zero-order chi connectivity index (χ0) is 16.2. The molecule has 2 fully saturated rings. The van der Waals surface area contributed by atoms with Crippen molar-refractivity contribution in [2.75, 3.05) is 40.3 Å². The number of hydrogen-bond donors (Lipinski definition) is 1. The van der Waals surface area contributed by atoms with E-state index < -0.39 is 0 Å². The second-order valence-corrected chi connectivity index (χ2v) is 7.20. The highest BCUT2D eigenvalue weighted by atomic mass is 16.5. The summed E-state index contributed by atoms with van der Waals surface area (Å²) in [6.07, 6.45) is 5.20. The summed E-state index contributed by atoms with van der Waals surface area (Å²) in [5.41, 5.74) is 8.63. The molecule has 2 atom stereocenters. The molecule has 0 radical (unpaired) electrons. The summed E-state index contributed by atoms with van der Waals surface area (Å²) in [5, 5.41) is 0. The standard InChI is InChI=1S/C19H31N3O/c1-21-13-15(12-20)10-18(21)16-6-7-19(23-2)17(11-16)14-22-8-4-3-5-9-22/h6-7,11,15,18H,3-5,8-10,12-14,20H2,1-2H3. The van der Waals surface area contributed by atoms with Crippen LogP contribution in [-0.4, -0.2) is 50.1 Å². The van der Waals surface area contributed by atoms with Crippen LogP contribution >= 0.6 is 0 Å². The second-order valence-electron chi connectivity index (χ2n) is 7.20. The predicted molar refractivity (Wildman–Crippen MR) is 94.7 cm³/mol. The van der Waals surface area contributed by atoms with Gasteiger partial charge in [-0.2, -0.15) is 0 Å². The van der Waals surface area contributed by atoms with Gasteiger partial charge in [0.05, 0.1) is 7.11 Å². The molecule has 2 unspecified atom stereocenters. The lowest BCUT2D eigenvalue weighted by Crippen LogP contribution is -2.29. The van der Waals surface area contributed by atoms with E-state index in [0.29, 0.717) is 12.0 Å². The monoisotopic (exact) mass is 317 g/mol. The molecule has 1 aromatic rings. The van der Waals surface area contributed by atoms with Gasteiger partial charge in [0.1, 0.15) is 5.75 Å². The maximum atomic E-state index is 5.88. The van der Waals surface area contributed by atoms with Gasteiger partial charge in [0.15, 0.2) is 0 Å². The summed E-state index contributed by atoms with van der Waals surface area (Å²) in [6, 6.07) is 7.25. The van der Waals surface area contributed by atoms with Crippen molar-refractivity contribution >= 4 is 0 Å². The predicted octanol–water partition coefficient (Wildman–Crippen LogP) is 2.63. The maximum Gasteiger partial charge on any atom is 0.123 e. The molecule has 0 amide bonds. The van der Waals surface area contributed by atoms with Gasteiger partial charge in [-0.25, -0.2) is 0 Å². The number of nitrogens with two attached hydrogens (primary N) is 1. The summed E-state index contributed by atoms with van der Waals surface area (Å²) in [4.78, 5) is 5.01. The highest BCUT2D eigenvalue weighted by molar-refractivity contribution is 5.39. The first kappa shape index (κ1) is 16.7. The molecule has 3 rings (SSSR count). The van der Waals surface area contributed by atoms with Crippen molar-refractivity contribution < 1.29 is 4.74 Å². The molecule has 0 aliphatic carbocycles. The summed E-state index contributed by atoms with van der Waals surface area (Å²) >= 11 is 0. The molecule has 2 heterocycles. The molecular formula is C19H31N3O. The smallest absolute Gasteiger partial charge is 0.123 e. The van der Waals surface area contributed by atoms with Gasteiger partial charge in [-0.05, 0) is 69.6 Å². The number of rotatable bonds is 5. The number of ether oxygens (including phenoxy) is 1. The Labute approximate surface area is 140 Å². The molecule has 0 aromatic heterocycles.